The zero-order valence-electron chi connectivity index (χ0n) is 17.4. The van der Waals surface area contributed by atoms with Gasteiger partial charge in [0.05, 0.1) is 33.8 Å². The first-order valence-corrected chi connectivity index (χ1v) is 13.0. The Morgan fingerprint density at radius 1 is 1.22 bits per heavy atom. The molecule has 3 aromatic rings. The molecule has 2 heterocycles. The van der Waals surface area contributed by atoms with Crippen LogP contribution in [-0.2, 0) is 14.6 Å². The summed E-state index contributed by atoms with van der Waals surface area (Å²) in [5.74, 6) is -0.837. The molecule has 7 nitrogen and oxygen atoms in total. The van der Waals surface area contributed by atoms with E-state index in [0.717, 1.165) is 11.8 Å². The zero-order chi connectivity index (χ0) is 22.9. The van der Waals surface area contributed by atoms with E-state index in [1.165, 1.54) is 22.8 Å². The molecular weight excluding hydrogens is 453 g/mol. The molecule has 0 saturated carbocycles. The van der Waals surface area contributed by atoms with Crippen molar-refractivity contribution in [1.29, 1.82) is 0 Å². The van der Waals surface area contributed by atoms with Gasteiger partial charge in [0.2, 0.25) is 5.91 Å². The molecule has 1 amide bonds. The predicted molar refractivity (Wildman–Crippen MR) is 122 cm³/mol. The fourth-order valence-electron chi connectivity index (χ4n) is 3.92. The molecule has 1 fully saturated rings. The zero-order valence-corrected chi connectivity index (χ0v) is 19.0. The van der Waals surface area contributed by atoms with Crippen molar-refractivity contribution in [3.8, 4) is 5.69 Å². The van der Waals surface area contributed by atoms with Gasteiger partial charge in [0.1, 0.15) is 5.82 Å². The van der Waals surface area contributed by atoms with Crippen molar-refractivity contribution in [2.45, 2.75) is 24.5 Å². The van der Waals surface area contributed by atoms with Gasteiger partial charge >= 0.3 is 0 Å². The van der Waals surface area contributed by atoms with Crippen molar-refractivity contribution in [3.05, 3.63) is 64.7 Å². The molecule has 0 aliphatic carbocycles. The Kier molecular flexibility index (Phi) is 6.34. The Morgan fingerprint density at radius 3 is 2.62 bits per heavy atom. The molecule has 1 aliphatic heterocycles. The SMILES string of the molecule is CCN(C(=O)CSc1nc2ccccc2c(=O)n1-c1ccccc1F)[C@@H]1CCS(=O)(=O)C1. The number of amides is 1. The van der Waals surface area contributed by atoms with Crippen LogP contribution in [0.15, 0.2) is 58.5 Å². The molecule has 2 aromatic carbocycles. The monoisotopic (exact) mass is 475 g/mol. The second kappa shape index (κ2) is 9.03. The van der Waals surface area contributed by atoms with Gasteiger partial charge in [0, 0.05) is 12.6 Å². The second-order valence-corrected chi connectivity index (χ2v) is 10.7. The largest absolute Gasteiger partial charge is 0.338 e. The highest BCUT2D eigenvalue weighted by atomic mass is 32.2. The van der Waals surface area contributed by atoms with Crippen LogP contribution in [0.4, 0.5) is 4.39 Å². The first-order valence-electron chi connectivity index (χ1n) is 10.2. The van der Waals surface area contributed by atoms with Crippen LogP contribution in [0.3, 0.4) is 0 Å². The minimum atomic E-state index is -3.13. The molecular formula is C22H22FN3O4S2. The maximum Gasteiger partial charge on any atom is 0.266 e. The van der Waals surface area contributed by atoms with Gasteiger partial charge in [-0.25, -0.2) is 17.8 Å². The number of halogens is 1. The lowest BCUT2D eigenvalue weighted by molar-refractivity contribution is -0.129. The lowest BCUT2D eigenvalue weighted by atomic mass is 10.2. The minimum absolute atomic E-state index is 0.0363. The number of hydrogen-bond donors (Lipinski definition) is 0. The highest BCUT2D eigenvalue weighted by Gasteiger charge is 2.34. The number of benzene rings is 2. The summed E-state index contributed by atoms with van der Waals surface area (Å²) in [6, 6.07) is 12.3. The van der Waals surface area contributed by atoms with E-state index < -0.39 is 21.2 Å². The second-order valence-electron chi connectivity index (χ2n) is 7.53. The number of carbonyl (C=O) groups excluding carboxylic acids is 1. The topological polar surface area (TPSA) is 89.3 Å². The summed E-state index contributed by atoms with van der Waals surface area (Å²) in [7, 11) is -3.13. The van der Waals surface area contributed by atoms with E-state index >= 15 is 0 Å². The Hall–Kier alpha value is -2.72. The maximum atomic E-state index is 14.6. The minimum Gasteiger partial charge on any atom is -0.338 e. The van der Waals surface area contributed by atoms with E-state index in [2.05, 4.69) is 4.98 Å². The van der Waals surface area contributed by atoms with Gasteiger partial charge < -0.3 is 4.90 Å². The van der Waals surface area contributed by atoms with Crippen LogP contribution in [-0.4, -0.2) is 58.6 Å². The van der Waals surface area contributed by atoms with Crippen LogP contribution in [0.1, 0.15) is 13.3 Å². The number of rotatable bonds is 6. The molecule has 168 valence electrons. The number of aromatic nitrogens is 2. The number of fused-ring (bicyclic) bond motifs is 1. The van der Waals surface area contributed by atoms with E-state index in [1.807, 2.05) is 0 Å². The predicted octanol–water partition coefficient (Wildman–Crippen LogP) is 2.65. The van der Waals surface area contributed by atoms with Crippen LogP contribution in [0.25, 0.3) is 16.6 Å². The van der Waals surface area contributed by atoms with Crippen LogP contribution >= 0.6 is 11.8 Å². The van der Waals surface area contributed by atoms with Crippen molar-refractivity contribution >= 4 is 38.4 Å². The lowest BCUT2D eigenvalue weighted by Crippen LogP contribution is -2.42. The number of hydrogen-bond acceptors (Lipinski definition) is 6. The first kappa shape index (κ1) is 22.5. The number of sulfone groups is 1. The highest BCUT2D eigenvalue weighted by Crippen LogP contribution is 2.24. The van der Waals surface area contributed by atoms with Crippen LogP contribution in [0.5, 0.6) is 0 Å². The van der Waals surface area contributed by atoms with Crippen molar-refractivity contribution in [3.63, 3.8) is 0 Å². The standard InChI is InChI=1S/C22H22FN3O4S2/c1-2-25(15-11-12-32(29,30)14-15)20(27)13-31-22-24-18-9-5-3-7-16(18)21(28)26(22)19-10-6-4-8-17(19)23/h3-10,15H,2,11-14H2,1H3/t15-/m1/s1. The van der Waals surface area contributed by atoms with Crippen molar-refractivity contribution < 1.29 is 17.6 Å². The summed E-state index contributed by atoms with van der Waals surface area (Å²) in [6.45, 7) is 2.18. The summed E-state index contributed by atoms with van der Waals surface area (Å²) >= 11 is 1.03. The van der Waals surface area contributed by atoms with Gasteiger partial charge in [-0.15, -0.1) is 0 Å². The molecule has 10 heteroatoms. The molecule has 0 bridgehead atoms. The van der Waals surface area contributed by atoms with Gasteiger partial charge in [-0.3, -0.25) is 14.2 Å². The Labute approximate surface area is 189 Å². The summed E-state index contributed by atoms with van der Waals surface area (Å²) in [6.07, 6.45) is 0.417. The fraction of sp³-hybridized carbons (Fsp3) is 0.318. The highest BCUT2D eigenvalue weighted by molar-refractivity contribution is 7.99. The van der Waals surface area contributed by atoms with E-state index in [4.69, 9.17) is 0 Å². The molecule has 1 atom stereocenters. The van der Waals surface area contributed by atoms with E-state index in [0.29, 0.717) is 23.9 Å². The summed E-state index contributed by atoms with van der Waals surface area (Å²) < 4.78 is 39.4. The van der Waals surface area contributed by atoms with Gasteiger partial charge in [0.25, 0.3) is 5.56 Å². The molecule has 32 heavy (non-hydrogen) atoms. The molecule has 1 aromatic heterocycles. The van der Waals surface area contributed by atoms with Crippen molar-refractivity contribution in [2.75, 3.05) is 23.8 Å². The third-order valence-corrected chi connectivity index (χ3v) is 8.15. The van der Waals surface area contributed by atoms with Crippen molar-refractivity contribution in [1.82, 2.24) is 14.5 Å². The third kappa shape index (κ3) is 4.42. The van der Waals surface area contributed by atoms with Crippen LogP contribution in [0, 0.1) is 5.82 Å². The first-order chi connectivity index (χ1) is 15.3. The molecule has 0 N–H and O–H groups in total. The normalized spacial score (nSPS) is 17.5. The van der Waals surface area contributed by atoms with Crippen molar-refractivity contribution in [2.24, 2.45) is 0 Å². The van der Waals surface area contributed by atoms with E-state index in [-0.39, 0.29) is 40.1 Å². The summed E-state index contributed by atoms with van der Waals surface area (Å²) in [5, 5.41) is 0.542. The quantitative estimate of drug-likeness (QED) is 0.402. The summed E-state index contributed by atoms with van der Waals surface area (Å²) in [5.41, 5.74) is 0.0825. The molecule has 0 radical (unpaired) electrons. The maximum absolute atomic E-state index is 14.6. The van der Waals surface area contributed by atoms with Gasteiger partial charge in [0.15, 0.2) is 15.0 Å². The number of para-hydroxylation sites is 2. The third-order valence-electron chi connectivity index (χ3n) is 5.47. The van der Waals surface area contributed by atoms with E-state index in [1.54, 1.807) is 42.2 Å². The van der Waals surface area contributed by atoms with Gasteiger partial charge in [-0.1, -0.05) is 36.0 Å². The van der Waals surface area contributed by atoms with Crippen LogP contribution in [0.2, 0.25) is 0 Å². The number of nitrogens with zero attached hydrogens (tertiary/aromatic N) is 3. The number of carbonyl (C=O) groups is 1. The van der Waals surface area contributed by atoms with Gasteiger partial charge in [-0.2, -0.15) is 0 Å². The molecule has 4 rings (SSSR count). The van der Waals surface area contributed by atoms with Crippen LogP contribution < -0.4 is 5.56 Å². The number of thioether (sulfide) groups is 1. The fourth-order valence-corrected chi connectivity index (χ4v) is 6.55. The average Bonchev–Trinajstić information content (AvgIpc) is 3.13. The Morgan fingerprint density at radius 2 is 1.94 bits per heavy atom. The smallest absolute Gasteiger partial charge is 0.266 e. The lowest BCUT2D eigenvalue weighted by Gasteiger charge is -2.26. The van der Waals surface area contributed by atoms with E-state index in [9.17, 15) is 22.4 Å². The molecule has 0 spiro atoms. The summed E-state index contributed by atoms with van der Waals surface area (Å²) in [4.78, 5) is 32.2. The van der Waals surface area contributed by atoms with Gasteiger partial charge in [-0.05, 0) is 37.6 Å². The molecule has 1 saturated heterocycles. The Bertz CT molecular complexity index is 1340. The molecule has 1 aliphatic rings. The molecule has 0 unspecified atom stereocenters. The Balaban J connectivity index is 1.68. The average molecular weight is 476 g/mol.